The van der Waals surface area contributed by atoms with Crippen LogP contribution >= 0.6 is 0 Å². The van der Waals surface area contributed by atoms with Crippen molar-refractivity contribution in [3.05, 3.63) is 24.3 Å². The maximum absolute atomic E-state index is 12.3. The van der Waals surface area contributed by atoms with E-state index in [1.165, 1.54) is 6.33 Å². The molecule has 1 aliphatic heterocycles. The Labute approximate surface area is 101 Å². The number of likely N-dealkylation sites (tertiary alicyclic amines) is 1. The van der Waals surface area contributed by atoms with Crippen molar-refractivity contribution in [2.75, 3.05) is 13.1 Å². The predicted molar refractivity (Wildman–Crippen MR) is 64.3 cm³/mol. The van der Waals surface area contributed by atoms with Gasteiger partial charge in [-0.15, -0.1) is 0 Å². The number of amides is 1. The fourth-order valence-electron chi connectivity index (χ4n) is 2.23. The van der Waals surface area contributed by atoms with Crippen molar-refractivity contribution in [1.29, 1.82) is 0 Å². The second-order valence-corrected chi connectivity index (χ2v) is 4.61. The number of rotatable bonds is 2. The number of nitrogens with zero attached hydrogens (tertiary/aromatic N) is 3. The van der Waals surface area contributed by atoms with E-state index in [9.17, 15) is 4.79 Å². The zero-order chi connectivity index (χ0) is 12.3. The van der Waals surface area contributed by atoms with Gasteiger partial charge in [-0.1, -0.05) is 0 Å². The second-order valence-electron chi connectivity index (χ2n) is 4.61. The van der Waals surface area contributed by atoms with E-state index in [-0.39, 0.29) is 11.9 Å². The molecule has 2 rings (SSSR count). The summed E-state index contributed by atoms with van der Waals surface area (Å²) in [4.78, 5) is 21.9. The number of piperidine rings is 1. The largest absolute Gasteiger partial charge is 0.336 e. The standard InChI is InChI=1S/C12H18N4O/c1-9-2-3-10(4-13)7-16(9)12(17)11-5-14-8-15-6-11/h5-6,8-10H,2-4,7,13H2,1H3. The van der Waals surface area contributed by atoms with Crippen LogP contribution in [0.4, 0.5) is 0 Å². The van der Waals surface area contributed by atoms with Crippen molar-refractivity contribution in [2.24, 2.45) is 11.7 Å². The summed E-state index contributed by atoms with van der Waals surface area (Å²) in [5.41, 5.74) is 6.24. The van der Waals surface area contributed by atoms with Crippen molar-refractivity contribution in [1.82, 2.24) is 14.9 Å². The van der Waals surface area contributed by atoms with E-state index in [0.29, 0.717) is 18.0 Å². The van der Waals surface area contributed by atoms with Crippen molar-refractivity contribution >= 4 is 5.91 Å². The lowest BCUT2D eigenvalue weighted by Crippen LogP contribution is -2.47. The molecule has 1 amide bonds. The van der Waals surface area contributed by atoms with Gasteiger partial charge in [0, 0.05) is 25.0 Å². The highest BCUT2D eigenvalue weighted by Crippen LogP contribution is 2.22. The molecule has 2 unspecified atom stereocenters. The lowest BCUT2D eigenvalue weighted by molar-refractivity contribution is 0.0566. The molecule has 1 aromatic heterocycles. The molecule has 5 heteroatoms. The zero-order valence-corrected chi connectivity index (χ0v) is 10.0. The Morgan fingerprint density at radius 3 is 2.82 bits per heavy atom. The minimum absolute atomic E-state index is 0.0104. The molecule has 0 spiro atoms. The van der Waals surface area contributed by atoms with Crippen molar-refractivity contribution < 1.29 is 4.79 Å². The number of carbonyl (C=O) groups is 1. The first-order chi connectivity index (χ1) is 8.22. The van der Waals surface area contributed by atoms with Crippen LogP contribution in [-0.2, 0) is 0 Å². The van der Waals surface area contributed by atoms with Gasteiger partial charge in [-0.3, -0.25) is 4.79 Å². The van der Waals surface area contributed by atoms with Gasteiger partial charge in [-0.2, -0.15) is 0 Å². The SMILES string of the molecule is CC1CCC(CN)CN1C(=O)c1cncnc1. The third-order valence-corrected chi connectivity index (χ3v) is 3.38. The first-order valence-electron chi connectivity index (χ1n) is 5.98. The molecule has 2 heterocycles. The maximum atomic E-state index is 12.3. The summed E-state index contributed by atoms with van der Waals surface area (Å²) in [5, 5.41) is 0. The van der Waals surface area contributed by atoms with Crippen LogP contribution in [0.2, 0.25) is 0 Å². The number of nitrogens with two attached hydrogens (primary N) is 1. The fraction of sp³-hybridized carbons (Fsp3) is 0.583. The molecule has 0 aromatic carbocycles. The van der Waals surface area contributed by atoms with Crippen molar-refractivity contribution in [3.8, 4) is 0 Å². The van der Waals surface area contributed by atoms with E-state index in [4.69, 9.17) is 5.73 Å². The lowest BCUT2D eigenvalue weighted by atomic mass is 9.93. The van der Waals surface area contributed by atoms with Crippen LogP contribution in [0.1, 0.15) is 30.1 Å². The molecule has 2 atom stereocenters. The smallest absolute Gasteiger partial charge is 0.257 e. The number of hydrogen-bond acceptors (Lipinski definition) is 4. The molecule has 1 saturated heterocycles. The van der Waals surface area contributed by atoms with Crippen molar-refractivity contribution in [3.63, 3.8) is 0 Å². The van der Waals surface area contributed by atoms with E-state index < -0.39 is 0 Å². The monoisotopic (exact) mass is 234 g/mol. The maximum Gasteiger partial charge on any atom is 0.257 e. The average molecular weight is 234 g/mol. The van der Waals surface area contributed by atoms with E-state index in [0.717, 1.165) is 19.4 Å². The highest BCUT2D eigenvalue weighted by atomic mass is 16.2. The van der Waals surface area contributed by atoms with Crippen LogP contribution in [0.3, 0.4) is 0 Å². The Hall–Kier alpha value is -1.49. The molecule has 0 saturated carbocycles. The molecule has 1 aromatic rings. The number of hydrogen-bond donors (Lipinski definition) is 1. The lowest BCUT2D eigenvalue weighted by Gasteiger charge is -2.37. The summed E-state index contributed by atoms with van der Waals surface area (Å²) < 4.78 is 0. The molecule has 0 radical (unpaired) electrons. The minimum atomic E-state index is 0.0104. The van der Waals surface area contributed by atoms with Crippen LogP contribution in [0.15, 0.2) is 18.7 Å². The van der Waals surface area contributed by atoms with Gasteiger partial charge in [-0.05, 0) is 32.2 Å². The van der Waals surface area contributed by atoms with Crippen LogP contribution in [-0.4, -0.2) is 39.9 Å². The topological polar surface area (TPSA) is 72.1 Å². The predicted octanol–water partition coefficient (Wildman–Crippen LogP) is 0.676. The number of aromatic nitrogens is 2. The second kappa shape index (κ2) is 5.23. The van der Waals surface area contributed by atoms with Gasteiger partial charge in [0.15, 0.2) is 0 Å². The molecular weight excluding hydrogens is 216 g/mol. The molecule has 92 valence electrons. The molecular formula is C12H18N4O. The Balaban J connectivity index is 2.12. The van der Waals surface area contributed by atoms with Crippen LogP contribution < -0.4 is 5.73 Å². The Bertz CT molecular complexity index is 381. The summed E-state index contributed by atoms with van der Waals surface area (Å²) in [5.74, 6) is 0.427. The summed E-state index contributed by atoms with van der Waals surface area (Å²) in [6.45, 7) is 3.46. The van der Waals surface area contributed by atoms with Gasteiger partial charge < -0.3 is 10.6 Å². The van der Waals surface area contributed by atoms with Gasteiger partial charge >= 0.3 is 0 Å². The molecule has 5 nitrogen and oxygen atoms in total. The molecule has 0 aliphatic carbocycles. The van der Waals surface area contributed by atoms with Crippen molar-refractivity contribution in [2.45, 2.75) is 25.8 Å². The Morgan fingerprint density at radius 1 is 1.47 bits per heavy atom. The summed E-state index contributed by atoms with van der Waals surface area (Å²) >= 11 is 0. The molecule has 1 fully saturated rings. The zero-order valence-electron chi connectivity index (χ0n) is 10.0. The van der Waals surface area contributed by atoms with Gasteiger partial charge in [0.2, 0.25) is 0 Å². The van der Waals surface area contributed by atoms with Gasteiger partial charge in [0.05, 0.1) is 5.56 Å². The highest BCUT2D eigenvalue weighted by Gasteiger charge is 2.29. The Morgan fingerprint density at radius 2 is 2.18 bits per heavy atom. The third-order valence-electron chi connectivity index (χ3n) is 3.38. The molecule has 0 bridgehead atoms. The van der Waals surface area contributed by atoms with E-state index >= 15 is 0 Å². The van der Waals surface area contributed by atoms with E-state index in [2.05, 4.69) is 16.9 Å². The van der Waals surface area contributed by atoms with Crippen LogP contribution in [0.5, 0.6) is 0 Å². The summed E-state index contributed by atoms with van der Waals surface area (Å²) in [6.07, 6.45) is 6.68. The normalized spacial score (nSPS) is 24.7. The van der Waals surface area contributed by atoms with Gasteiger partial charge in [-0.25, -0.2) is 9.97 Å². The van der Waals surface area contributed by atoms with Gasteiger partial charge in [0.1, 0.15) is 6.33 Å². The molecule has 1 aliphatic rings. The summed E-state index contributed by atoms with van der Waals surface area (Å²) in [7, 11) is 0. The fourth-order valence-corrected chi connectivity index (χ4v) is 2.23. The number of carbonyl (C=O) groups excluding carboxylic acids is 1. The van der Waals surface area contributed by atoms with Crippen LogP contribution in [0, 0.1) is 5.92 Å². The third kappa shape index (κ3) is 2.61. The average Bonchev–Trinajstić information content (AvgIpc) is 2.39. The van der Waals surface area contributed by atoms with Crippen LogP contribution in [0.25, 0.3) is 0 Å². The summed E-state index contributed by atoms with van der Waals surface area (Å²) in [6, 6.07) is 0.269. The first kappa shape index (κ1) is 12.0. The molecule has 17 heavy (non-hydrogen) atoms. The van der Waals surface area contributed by atoms with E-state index in [1.807, 2.05) is 4.90 Å². The first-order valence-corrected chi connectivity index (χ1v) is 5.98. The Kier molecular flexibility index (Phi) is 3.68. The quantitative estimate of drug-likeness (QED) is 0.816. The van der Waals surface area contributed by atoms with E-state index in [1.54, 1.807) is 12.4 Å². The molecule has 2 N–H and O–H groups in total. The highest BCUT2D eigenvalue weighted by molar-refractivity contribution is 5.93. The minimum Gasteiger partial charge on any atom is -0.336 e. The van der Waals surface area contributed by atoms with Gasteiger partial charge in [0.25, 0.3) is 5.91 Å².